The van der Waals surface area contributed by atoms with Crippen LogP contribution >= 0.6 is 11.6 Å². The summed E-state index contributed by atoms with van der Waals surface area (Å²) in [5.41, 5.74) is -1.08. The summed E-state index contributed by atoms with van der Waals surface area (Å²) in [6, 6.07) is 12.1. The van der Waals surface area contributed by atoms with Crippen molar-refractivity contribution in [3.05, 3.63) is 70.2 Å². The monoisotopic (exact) mass is 330 g/mol. The molecule has 0 spiro atoms. The van der Waals surface area contributed by atoms with Crippen LogP contribution in [0.15, 0.2) is 48.5 Å². The second-order valence-corrected chi connectivity index (χ2v) is 6.01. The van der Waals surface area contributed by atoms with Gasteiger partial charge in [0.05, 0.1) is 5.02 Å². The lowest BCUT2D eigenvalue weighted by Crippen LogP contribution is -2.31. The van der Waals surface area contributed by atoms with Gasteiger partial charge >= 0.3 is 0 Å². The molecule has 4 nitrogen and oxygen atoms in total. The molecule has 0 aliphatic heterocycles. The van der Waals surface area contributed by atoms with Gasteiger partial charge in [0.15, 0.2) is 5.78 Å². The fourth-order valence-corrected chi connectivity index (χ4v) is 2.30. The largest absolute Gasteiger partial charge is 0.382 e. The quantitative estimate of drug-likeness (QED) is 0.674. The first-order chi connectivity index (χ1) is 10.7. The van der Waals surface area contributed by atoms with Crippen molar-refractivity contribution in [2.75, 3.05) is 0 Å². The van der Waals surface area contributed by atoms with Gasteiger partial charge in [0, 0.05) is 16.7 Å². The van der Waals surface area contributed by atoms with Crippen molar-refractivity contribution in [3.8, 4) is 0 Å². The highest BCUT2D eigenvalue weighted by Crippen LogP contribution is 2.22. The van der Waals surface area contributed by atoms with Gasteiger partial charge in [-0.05, 0) is 26.0 Å². The first kappa shape index (κ1) is 17.1. The molecule has 0 atom stereocenters. The molecule has 0 aromatic heterocycles. The molecular formula is C18H15ClO4. The summed E-state index contributed by atoms with van der Waals surface area (Å²) >= 11 is 6.04. The maximum atomic E-state index is 12.3. The first-order valence-electron chi connectivity index (χ1n) is 6.92. The minimum Gasteiger partial charge on any atom is -0.382 e. The highest BCUT2D eigenvalue weighted by molar-refractivity contribution is 6.52. The second kappa shape index (κ2) is 6.44. The molecule has 0 aliphatic carbocycles. The third kappa shape index (κ3) is 3.73. The molecular weight excluding hydrogens is 316 g/mol. The van der Waals surface area contributed by atoms with Crippen LogP contribution in [-0.4, -0.2) is 28.1 Å². The summed E-state index contributed by atoms with van der Waals surface area (Å²) in [6.45, 7) is 2.72. The maximum absolute atomic E-state index is 12.3. The van der Waals surface area contributed by atoms with E-state index in [2.05, 4.69) is 0 Å². The highest BCUT2D eigenvalue weighted by Gasteiger charge is 2.27. The number of halogens is 1. The number of ketones is 3. The summed E-state index contributed by atoms with van der Waals surface area (Å²) in [5, 5.41) is 9.73. The number of hydrogen-bond donors (Lipinski definition) is 1. The lowest BCUT2D eigenvalue weighted by Gasteiger charge is -2.16. The minimum atomic E-state index is -1.55. The molecule has 5 heteroatoms. The molecule has 0 unspecified atom stereocenters. The summed E-state index contributed by atoms with van der Waals surface area (Å²) in [5.74, 6) is -1.94. The summed E-state index contributed by atoms with van der Waals surface area (Å²) in [4.78, 5) is 36.4. The SMILES string of the molecule is CC(C)(O)C(=O)c1ccc(C(=O)C(=O)c2ccccc2)c(Cl)c1. The summed E-state index contributed by atoms with van der Waals surface area (Å²) in [6.07, 6.45) is 0. The smallest absolute Gasteiger partial charge is 0.235 e. The fourth-order valence-electron chi connectivity index (χ4n) is 2.04. The van der Waals surface area contributed by atoms with Gasteiger partial charge < -0.3 is 5.11 Å². The minimum absolute atomic E-state index is 0.00520. The van der Waals surface area contributed by atoms with E-state index in [9.17, 15) is 19.5 Å². The Bertz CT molecular complexity index is 773. The van der Waals surface area contributed by atoms with E-state index >= 15 is 0 Å². The van der Waals surface area contributed by atoms with Crippen molar-refractivity contribution < 1.29 is 19.5 Å². The second-order valence-electron chi connectivity index (χ2n) is 5.61. The summed E-state index contributed by atoms with van der Waals surface area (Å²) < 4.78 is 0. The van der Waals surface area contributed by atoms with E-state index in [0.29, 0.717) is 0 Å². The van der Waals surface area contributed by atoms with Crippen LogP contribution in [0.4, 0.5) is 0 Å². The number of Topliss-reactive ketones (excluding diaryl/α,β-unsaturated/α-hetero) is 3. The Balaban J connectivity index is 2.33. The third-order valence-electron chi connectivity index (χ3n) is 3.27. The number of carbonyl (C=O) groups is 3. The molecule has 0 fully saturated rings. The van der Waals surface area contributed by atoms with Crippen LogP contribution in [0.25, 0.3) is 0 Å². The molecule has 0 bridgehead atoms. The normalized spacial score (nSPS) is 11.1. The number of hydrogen-bond acceptors (Lipinski definition) is 4. The Morgan fingerprint density at radius 3 is 2.04 bits per heavy atom. The predicted octanol–water partition coefficient (Wildman–Crippen LogP) is 3.36. The van der Waals surface area contributed by atoms with E-state index in [0.717, 1.165) is 0 Å². The van der Waals surface area contributed by atoms with Gasteiger partial charge in [0.25, 0.3) is 0 Å². The summed E-state index contributed by atoms with van der Waals surface area (Å²) in [7, 11) is 0. The lowest BCUT2D eigenvalue weighted by atomic mass is 9.94. The van der Waals surface area contributed by atoms with Crippen LogP contribution < -0.4 is 0 Å². The molecule has 118 valence electrons. The van der Waals surface area contributed by atoms with E-state index in [4.69, 9.17) is 11.6 Å². The van der Waals surface area contributed by atoms with E-state index in [1.807, 2.05) is 0 Å². The van der Waals surface area contributed by atoms with Gasteiger partial charge in [-0.15, -0.1) is 0 Å². The van der Waals surface area contributed by atoms with Crippen molar-refractivity contribution in [3.63, 3.8) is 0 Å². The van der Waals surface area contributed by atoms with E-state index in [1.54, 1.807) is 30.3 Å². The number of aliphatic hydroxyl groups is 1. The van der Waals surface area contributed by atoms with E-state index in [-0.39, 0.29) is 21.7 Å². The maximum Gasteiger partial charge on any atom is 0.235 e. The standard InChI is InChI=1S/C18H15ClO4/c1-18(2,23)17(22)12-8-9-13(14(19)10-12)16(21)15(20)11-6-4-3-5-7-11/h3-10,23H,1-2H3. The Hall–Kier alpha value is -2.30. The average Bonchev–Trinajstić information content (AvgIpc) is 2.52. The molecule has 2 rings (SSSR count). The zero-order valence-electron chi connectivity index (χ0n) is 12.7. The van der Waals surface area contributed by atoms with Crippen molar-refractivity contribution in [2.24, 2.45) is 0 Å². The Morgan fingerprint density at radius 2 is 1.52 bits per heavy atom. The van der Waals surface area contributed by atoms with Gasteiger partial charge in [0.1, 0.15) is 5.60 Å². The lowest BCUT2D eigenvalue weighted by molar-refractivity contribution is 0.0488. The van der Waals surface area contributed by atoms with E-state index < -0.39 is 23.0 Å². The van der Waals surface area contributed by atoms with Gasteiger partial charge in [0.2, 0.25) is 11.6 Å². The van der Waals surface area contributed by atoms with Crippen molar-refractivity contribution in [1.29, 1.82) is 0 Å². The van der Waals surface area contributed by atoms with Crippen LogP contribution in [0.3, 0.4) is 0 Å². The fraction of sp³-hybridized carbons (Fsp3) is 0.167. The van der Waals surface area contributed by atoms with Crippen LogP contribution in [0, 0.1) is 0 Å². The van der Waals surface area contributed by atoms with Crippen molar-refractivity contribution >= 4 is 29.0 Å². The van der Waals surface area contributed by atoms with Crippen molar-refractivity contribution in [2.45, 2.75) is 19.4 Å². The van der Waals surface area contributed by atoms with Crippen LogP contribution in [0.5, 0.6) is 0 Å². The first-order valence-corrected chi connectivity index (χ1v) is 7.30. The molecule has 2 aromatic carbocycles. The zero-order valence-corrected chi connectivity index (χ0v) is 13.4. The molecule has 0 radical (unpaired) electrons. The highest BCUT2D eigenvalue weighted by atomic mass is 35.5. The molecule has 0 amide bonds. The van der Waals surface area contributed by atoms with Gasteiger partial charge in [-0.25, -0.2) is 0 Å². The van der Waals surface area contributed by atoms with Crippen LogP contribution in [0.2, 0.25) is 5.02 Å². The number of rotatable bonds is 5. The zero-order chi connectivity index (χ0) is 17.2. The van der Waals surface area contributed by atoms with Crippen LogP contribution in [-0.2, 0) is 0 Å². The van der Waals surface area contributed by atoms with Gasteiger partial charge in [-0.1, -0.05) is 48.0 Å². The Kier molecular flexibility index (Phi) is 4.78. The molecule has 1 N–H and O–H groups in total. The number of benzene rings is 2. The average molecular weight is 331 g/mol. The van der Waals surface area contributed by atoms with Gasteiger partial charge in [-0.3, -0.25) is 14.4 Å². The van der Waals surface area contributed by atoms with Crippen LogP contribution in [0.1, 0.15) is 44.9 Å². The third-order valence-corrected chi connectivity index (χ3v) is 3.59. The molecule has 0 saturated carbocycles. The van der Waals surface area contributed by atoms with E-state index in [1.165, 1.54) is 32.0 Å². The molecule has 0 aliphatic rings. The van der Waals surface area contributed by atoms with Crippen molar-refractivity contribution in [1.82, 2.24) is 0 Å². The Labute approximate surface area is 138 Å². The molecule has 23 heavy (non-hydrogen) atoms. The molecule has 2 aromatic rings. The Morgan fingerprint density at radius 1 is 0.913 bits per heavy atom. The van der Waals surface area contributed by atoms with Gasteiger partial charge in [-0.2, -0.15) is 0 Å². The predicted molar refractivity (Wildman–Crippen MR) is 87.2 cm³/mol. The topological polar surface area (TPSA) is 71.4 Å². The molecule has 0 saturated heterocycles. The molecule has 0 heterocycles. The number of carbonyl (C=O) groups excluding carboxylic acids is 3.